The highest BCUT2D eigenvalue weighted by Crippen LogP contribution is 2.19. The summed E-state index contributed by atoms with van der Waals surface area (Å²) >= 11 is 16.8. The smallest absolute Gasteiger partial charge is 0.228 e. The van der Waals surface area contributed by atoms with Gasteiger partial charge in [-0.1, -0.05) is 23.2 Å². The Balaban J connectivity index is 0.000000253. The highest BCUT2D eigenvalue weighted by Gasteiger charge is 2.11. The van der Waals surface area contributed by atoms with E-state index in [4.69, 9.17) is 44.3 Å². The van der Waals surface area contributed by atoms with Crippen LogP contribution in [0.25, 0.3) is 0 Å². The zero-order valence-electron chi connectivity index (χ0n) is 15.4. The molecule has 0 radical (unpaired) electrons. The Hall–Kier alpha value is -2.56. The number of hydrogen-bond acceptors (Lipinski definition) is 9. The van der Waals surface area contributed by atoms with Gasteiger partial charge in [0.2, 0.25) is 23.0 Å². The van der Waals surface area contributed by atoms with Gasteiger partial charge in [0.15, 0.2) is 5.82 Å². The Morgan fingerprint density at radius 2 is 1.45 bits per heavy atom. The fourth-order valence-corrected chi connectivity index (χ4v) is 2.41. The number of hydrogen-bond donors (Lipinski definition) is 1. The molecule has 3 aromatic heterocycles. The van der Waals surface area contributed by atoms with Crippen LogP contribution in [-0.4, -0.2) is 44.1 Å². The lowest BCUT2D eigenvalue weighted by atomic mass is 10.3. The van der Waals surface area contributed by atoms with Gasteiger partial charge in [-0.25, -0.2) is 24.3 Å². The maximum atomic E-state index is 12.7. The van der Waals surface area contributed by atoms with Crippen molar-refractivity contribution in [1.82, 2.24) is 29.9 Å². The zero-order chi connectivity index (χ0) is 21.4. The summed E-state index contributed by atoms with van der Waals surface area (Å²) in [6, 6.07) is 2.67. The van der Waals surface area contributed by atoms with Gasteiger partial charge in [0.05, 0.1) is 32.7 Å². The molecule has 0 aliphatic heterocycles. The minimum Gasteiger partial charge on any atom is -0.481 e. The molecule has 0 amide bonds. The number of anilines is 1. The van der Waals surface area contributed by atoms with Gasteiger partial charge in [0.25, 0.3) is 0 Å². The minimum atomic E-state index is -0.489. The Morgan fingerprint density at radius 1 is 0.897 bits per heavy atom. The molecule has 154 valence electrons. The first-order valence-electron chi connectivity index (χ1n) is 7.87. The SMILES string of the molecule is COc1cc(Cl)nc(Cl)n1.COc1cc(Cl)nc(NC(C)c2ncc(F)cn2)n1. The predicted octanol–water partition coefficient (Wildman–Crippen LogP) is 4.03. The highest BCUT2D eigenvalue weighted by molar-refractivity contribution is 6.31. The van der Waals surface area contributed by atoms with Crippen LogP contribution in [0.4, 0.5) is 10.3 Å². The number of rotatable bonds is 5. The van der Waals surface area contributed by atoms with Crippen LogP contribution in [0, 0.1) is 5.82 Å². The lowest BCUT2D eigenvalue weighted by Gasteiger charge is -2.12. The van der Waals surface area contributed by atoms with E-state index in [2.05, 4.69) is 35.2 Å². The first kappa shape index (κ1) is 22.7. The first-order chi connectivity index (χ1) is 13.8. The summed E-state index contributed by atoms with van der Waals surface area (Å²) in [5.74, 6) is 0.921. The molecular weight excluding hydrogens is 448 g/mol. The zero-order valence-corrected chi connectivity index (χ0v) is 17.7. The Bertz CT molecular complexity index is 930. The van der Waals surface area contributed by atoms with Gasteiger partial charge in [-0.15, -0.1) is 0 Å². The highest BCUT2D eigenvalue weighted by atomic mass is 35.5. The lowest BCUT2D eigenvalue weighted by Crippen LogP contribution is -2.13. The molecule has 3 heterocycles. The molecule has 3 aromatic rings. The van der Waals surface area contributed by atoms with Crippen LogP contribution in [0.1, 0.15) is 18.8 Å². The molecule has 1 N–H and O–H groups in total. The van der Waals surface area contributed by atoms with E-state index in [0.29, 0.717) is 17.6 Å². The van der Waals surface area contributed by atoms with E-state index in [9.17, 15) is 4.39 Å². The number of ether oxygens (including phenoxy) is 2. The maximum Gasteiger partial charge on any atom is 0.228 e. The van der Waals surface area contributed by atoms with Crippen LogP contribution >= 0.6 is 34.8 Å². The van der Waals surface area contributed by atoms with Crippen LogP contribution in [-0.2, 0) is 0 Å². The standard InChI is InChI=1S/C11H11ClFN5O.C5H4Cl2N2O/c1-6(10-14-4-7(13)5-15-10)16-11-17-8(12)3-9(18-11)19-2;1-10-4-2-3(6)8-5(7)9-4/h3-6H,1-2H3,(H,16,17,18);2H,1H3. The van der Waals surface area contributed by atoms with Crippen molar-refractivity contribution >= 4 is 40.8 Å². The first-order valence-corrected chi connectivity index (χ1v) is 9.00. The third-order valence-corrected chi connectivity index (χ3v) is 3.66. The van der Waals surface area contributed by atoms with Crippen LogP contribution < -0.4 is 14.8 Å². The van der Waals surface area contributed by atoms with Crippen LogP contribution in [0.2, 0.25) is 15.6 Å². The number of aromatic nitrogens is 6. The summed E-state index contributed by atoms with van der Waals surface area (Å²) in [5, 5.41) is 3.57. The minimum absolute atomic E-state index is 0.0874. The van der Waals surface area contributed by atoms with Crippen molar-refractivity contribution in [3.8, 4) is 11.8 Å². The van der Waals surface area contributed by atoms with E-state index in [1.165, 1.54) is 26.4 Å². The van der Waals surface area contributed by atoms with E-state index >= 15 is 0 Å². The van der Waals surface area contributed by atoms with Gasteiger partial charge in [0, 0.05) is 12.1 Å². The Morgan fingerprint density at radius 3 is 2.00 bits per heavy atom. The normalized spacial score (nSPS) is 11.1. The summed E-state index contributed by atoms with van der Waals surface area (Å²) in [7, 11) is 2.96. The molecule has 9 nitrogen and oxygen atoms in total. The fraction of sp³-hybridized carbons (Fsp3) is 0.250. The lowest BCUT2D eigenvalue weighted by molar-refractivity contribution is 0.397. The molecule has 0 aliphatic rings. The van der Waals surface area contributed by atoms with E-state index < -0.39 is 5.82 Å². The average Bonchev–Trinajstić information content (AvgIpc) is 2.67. The van der Waals surface area contributed by atoms with Gasteiger partial charge in [-0.2, -0.15) is 9.97 Å². The molecule has 0 aromatic carbocycles. The molecule has 0 bridgehead atoms. The molecule has 13 heteroatoms. The second-order valence-electron chi connectivity index (χ2n) is 5.18. The predicted molar refractivity (Wildman–Crippen MR) is 106 cm³/mol. The van der Waals surface area contributed by atoms with Gasteiger partial charge in [-0.3, -0.25) is 0 Å². The second kappa shape index (κ2) is 10.8. The van der Waals surface area contributed by atoms with Crippen molar-refractivity contribution in [2.45, 2.75) is 13.0 Å². The molecule has 1 unspecified atom stereocenters. The van der Waals surface area contributed by atoms with Crippen molar-refractivity contribution in [3.05, 3.63) is 51.8 Å². The molecular formula is C16H15Cl3FN7O2. The van der Waals surface area contributed by atoms with Crippen molar-refractivity contribution in [3.63, 3.8) is 0 Å². The summed E-state index contributed by atoms with van der Waals surface area (Å²) in [5.41, 5.74) is 0. The second-order valence-corrected chi connectivity index (χ2v) is 6.30. The molecule has 0 saturated heterocycles. The molecule has 3 rings (SSSR count). The molecule has 0 aliphatic carbocycles. The number of nitrogens with one attached hydrogen (secondary N) is 1. The quantitative estimate of drug-likeness (QED) is 0.444. The largest absolute Gasteiger partial charge is 0.481 e. The summed E-state index contributed by atoms with van der Waals surface area (Å²) in [6.07, 6.45) is 2.19. The van der Waals surface area contributed by atoms with E-state index in [-0.39, 0.29) is 27.6 Å². The van der Waals surface area contributed by atoms with E-state index in [1.807, 2.05) is 0 Å². The third-order valence-electron chi connectivity index (χ3n) is 3.11. The van der Waals surface area contributed by atoms with E-state index in [0.717, 1.165) is 12.4 Å². The summed E-state index contributed by atoms with van der Waals surface area (Å²) in [6.45, 7) is 1.80. The molecule has 29 heavy (non-hydrogen) atoms. The van der Waals surface area contributed by atoms with Crippen LogP contribution in [0.15, 0.2) is 24.5 Å². The maximum absolute atomic E-state index is 12.7. The van der Waals surface area contributed by atoms with Crippen LogP contribution in [0.3, 0.4) is 0 Å². The monoisotopic (exact) mass is 461 g/mol. The van der Waals surface area contributed by atoms with Crippen molar-refractivity contribution < 1.29 is 13.9 Å². The van der Waals surface area contributed by atoms with Gasteiger partial charge < -0.3 is 14.8 Å². The number of methoxy groups -OCH3 is 2. The molecule has 0 saturated carbocycles. The van der Waals surface area contributed by atoms with Gasteiger partial charge in [0.1, 0.15) is 16.1 Å². The van der Waals surface area contributed by atoms with Crippen molar-refractivity contribution in [1.29, 1.82) is 0 Å². The molecule has 1 atom stereocenters. The molecule has 0 fully saturated rings. The Kier molecular flexibility index (Phi) is 8.50. The van der Waals surface area contributed by atoms with Gasteiger partial charge in [-0.05, 0) is 18.5 Å². The van der Waals surface area contributed by atoms with E-state index in [1.54, 1.807) is 6.92 Å². The summed E-state index contributed by atoms with van der Waals surface area (Å²) < 4.78 is 22.5. The van der Waals surface area contributed by atoms with Crippen molar-refractivity contribution in [2.75, 3.05) is 19.5 Å². The average molecular weight is 463 g/mol. The van der Waals surface area contributed by atoms with Crippen LogP contribution in [0.5, 0.6) is 11.8 Å². The summed E-state index contributed by atoms with van der Waals surface area (Å²) in [4.78, 5) is 23.1. The third kappa shape index (κ3) is 7.41. The number of nitrogens with zero attached hydrogens (tertiary/aromatic N) is 6. The topological polar surface area (TPSA) is 108 Å². The van der Waals surface area contributed by atoms with Gasteiger partial charge >= 0.3 is 0 Å². The molecule has 0 spiro atoms. The van der Waals surface area contributed by atoms with Crippen molar-refractivity contribution in [2.24, 2.45) is 0 Å². The number of halogens is 4. The fourth-order valence-electron chi connectivity index (χ4n) is 1.85. The Labute approximate surface area is 180 Å².